The summed E-state index contributed by atoms with van der Waals surface area (Å²) in [5, 5.41) is 0. The zero-order valence-electron chi connectivity index (χ0n) is 14.3. The Hall–Kier alpha value is -3.16. The van der Waals surface area contributed by atoms with Gasteiger partial charge in [-0.15, -0.1) is 0 Å². The summed E-state index contributed by atoms with van der Waals surface area (Å²) in [4.78, 5) is 12.6. The number of anilines is 1. The van der Waals surface area contributed by atoms with Gasteiger partial charge in [-0.05, 0) is 43.3 Å². The van der Waals surface area contributed by atoms with Crippen LogP contribution in [0.25, 0.3) is 5.69 Å². The van der Waals surface area contributed by atoms with Gasteiger partial charge in [-0.25, -0.2) is 13.2 Å². The second-order valence-electron chi connectivity index (χ2n) is 5.94. The van der Waals surface area contributed by atoms with Crippen molar-refractivity contribution < 1.29 is 17.9 Å². The van der Waals surface area contributed by atoms with Crippen LogP contribution in [0.15, 0.2) is 47.3 Å². The van der Waals surface area contributed by atoms with E-state index in [1.165, 1.54) is 24.3 Å². The third-order valence-electron chi connectivity index (χ3n) is 4.00. The van der Waals surface area contributed by atoms with Crippen molar-refractivity contribution in [2.24, 2.45) is 0 Å². The fraction of sp³-hybridized carbons (Fsp3) is 0.105. The third kappa shape index (κ3) is 3.69. The first kappa shape index (κ1) is 18.6. The van der Waals surface area contributed by atoms with Crippen LogP contribution < -0.4 is 21.5 Å². The van der Waals surface area contributed by atoms with Crippen LogP contribution in [-0.2, 0) is 6.61 Å². The number of hydrogen-bond acceptors (Lipinski definition) is 3. The number of nitrogens with two attached hydrogens (primary N) is 1. The topological polar surface area (TPSA) is 57.2 Å². The molecule has 0 bridgehead atoms. The van der Waals surface area contributed by atoms with Gasteiger partial charge >= 0.3 is 0 Å². The number of aryl methyl sites for hydroxylation is 1. The van der Waals surface area contributed by atoms with Crippen molar-refractivity contribution in [3.8, 4) is 11.4 Å². The van der Waals surface area contributed by atoms with Gasteiger partial charge in [0.1, 0.15) is 37.7 Å². The number of ether oxygens (including phenoxy) is 1. The van der Waals surface area contributed by atoms with Crippen molar-refractivity contribution in [2.75, 3.05) is 5.73 Å². The minimum absolute atomic E-state index is 0.0155. The van der Waals surface area contributed by atoms with Crippen LogP contribution in [0.3, 0.4) is 0 Å². The predicted molar refractivity (Wildman–Crippen MR) is 97.2 cm³/mol. The third-order valence-corrected chi connectivity index (χ3v) is 4.00. The number of aromatic nitrogens is 1. The molecule has 27 heavy (non-hydrogen) atoms. The second kappa shape index (κ2) is 7.22. The maximum absolute atomic E-state index is 14.1. The van der Waals surface area contributed by atoms with Crippen LogP contribution in [0.5, 0.6) is 5.75 Å². The Morgan fingerprint density at radius 3 is 2.52 bits per heavy atom. The zero-order chi connectivity index (χ0) is 19.7. The first-order valence-electron chi connectivity index (χ1n) is 7.92. The number of halogens is 3. The summed E-state index contributed by atoms with van der Waals surface area (Å²) < 4.78 is 47.3. The monoisotopic (exact) mass is 370 g/mol. The molecule has 3 rings (SSSR count). The molecule has 2 aromatic carbocycles. The average molecular weight is 370 g/mol. The SMILES string of the molecule is [B]c1c(OCc2ccc(F)cc2F)cc(C)n(-c2cc(N)ccc2F)c1=O. The molecule has 0 aliphatic heterocycles. The van der Waals surface area contributed by atoms with Crippen LogP contribution in [0, 0.1) is 24.4 Å². The van der Waals surface area contributed by atoms with E-state index in [2.05, 4.69) is 0 Å². The summed E-state index contributed by atoms with van der Waals surface area (Å²) in [5.74, 6) is -2.11. The minimum Gasteiger partial charge on any atom is -0.489 e. The van der Waals surface area contributed by atoms with E-state index >= 15 is 0 Å². The molecule has 0 aliphatic carbocycles. The summed E-state index contributed by atoms with van der Waals surface area (Å²) in [6, 6.07) is 8.33. The molecule has 2 radical (unpaired) electrons. The molecular formula is C19H14BF3N2O2. The lowest BCUT2D eigenvalue weighted by Crippen LogP contribution is -2.36. The van der Waals surface area contributed by atoms with Crippen molar-refractivity contribution in [1.29, 1.82) is 0 Å². The van der Waals surface area contributed by atoms with Gasteiger partial charge in [0.25, 0.3) is 5.56 Å². The number of pyridine rings is 1. The normalized spacial score (nSPS) is 10.8. The van der Waals surface area contributed by atoms with Crippen LogP contribution in [-0.4, -0.2) is 12.4 Å². The van der Waals surface area contributed by atoms with E-state index in [0.29, 0.717) is 5.69 Å². The summed E-state index contributed by atoms with van der Waals surface area (Å²) in [5.41, 5.74) is 5.37. The molecule has 0 amide bonds. The van der Waals surface area contributed by atoms with Crippen molar-refractivity contribution in [2.45, 2.75) is 13.5 Å². The highest BCUT2D eigenvalue weighted by Gasteiger charge is 2.15. The number of hydrogen-bond donors (Lipinski definition) is 1. The standard InChI is InChI=1S/C19H14BF3N2O2/c1-10-6-17(27-9-11-2-3-12(21)7-15(11)23)18(20)19(26)25(10)16-8-13(24)4-5-14(16)22/h2-8H,9,24H2,1H3. The number of nitrogen functional groups attached to an aromatic ring is 1. The molecular weight excluding hydrogens is 356 g/mol. The van der Waals surface area contributed by atoms with Crippen LogP contribution in [0.1, 0.15) is 11.3 Å². The van der Waals surface area contributed by atoms with E-state index in [9.17, 15) is 18.0 Å². The molecule has 0 spiro atoms. The maximum atomic E-state index is 14.1. The van der Waals surface area contributed by atoms with Crippen LogP contribution >= 0.6 is 0 Å². The van der Waals surface area contributed by atoms with E-state index in [0.717, 1.165) is 22.8 Å². The van der Waals surface area contributed by atoms with Crippen LogP contribution in [0.4, 0.5) is 18.9 Å². The van der Waals surface area contributed by atoms with Gasteiger partial charge in [0.15, 0.2) is 0 Å². The zero-order valence-corrected chi connectivity index (χ0v) is 14.3. The molecule has 3 aromatic rings. The molecule has 0 saturated carbocycles. The number of benzene rings is 2. The van der Waals surface area contributed by atoms with Gasteiger partial charge in [-0.3, -0.25) is 9.36 Å². The van der Waals surface area contributed by atoms with E-state index < -0.39 is 23.0 Å². The Labute approximate surface area is 154 Å². The molecule has 0 saturated heterocycles. The van der Waals surface area contributed by atoms with Crippen LogP contribution in [0.2, 0.25) is 0 Å². The Balaban J connectivity index is 1.98. The van der Waals surface area contributed by atoms with E-state index in [1.54, 1.807) is 6.92 Å². The summed E-state index contributed by atoms with van der Waals surface area (Å²) in [6.07, 6.45) is 0. The summed E-state index contributed by atoms with van der Waals surface area (Å²) in [7, 11) is 5.84. The number of rotatable bonds is 4. The molecule has 0 atom stereocenters. The Morgan fingerprint density at radius 2 is 1.81 bits per heavy atom. The average Bonchev–Trinajstić information content (AvgIpc) is 2.61. The highest BCUT2D eigenvalue weighted by atomic mass is 19.1. The highest BCUT2D eigenvalue weighted by molar-refractivity contribution is 6.34. The van der Waals surface area contributed by atoms with Gasteiger partial charge in [-0.1, -0.05) is 0 Å². The van der Waals surface area contributed by atoms with E-state index in [4.69, 9.17) is 18.3 Å². The molecule has 0 fully saturated rings. The first-order valence-corrected chi connectivity index (χ1v) is 7.92. The van der Waals surface area contributed by atoms with E-state index in [-0.39, 0.29) is 34.8 Å². The van der Waals surface area contributed by atoms with Gasteiger partial charge in [0, 0.05) is 28.5 Å². The van der Waals surface area contributed by atoms with Crippen molar-refractivity contribution in [1.82, 2.24) is 4.57 Å². The molecule has 1 aromatic heterocycles. The summed E-state index contributed by atoms with van der Waals surface area (Å²) >= 11 is 0. The van der Waals surface area contributed by atoms with Crippen molar-refractivity contribution in [3.05, 3.63) is 81.5 Å². The largest absolute Gasteiger partial charge is 0.489 e. The predicted octanol–water partition coefficient (Wildman–Crippen LogP) is 2.52. The lowest BCUT2D eigenvalue weighted by molar-refractivity contribution is 0.301. The fourth-order valence-corrected chi connectivity index (χ4v) is 2.63. The molecule has 4 nitrogen and oxygen atoms in total. The lowest BCUT2D eigenvalue weighted by atomic mass is 9.96. The lowest BCUT2D eigenvalue weighted by Gasteiger charge is -2.16. The van der Waals surface area contributed by atoms with Gasteiger partial charge in [0.05, 0.1) is 5.69 Å². The maximum Gasteiger partial charge on any atom is 0.251 e. The van der Waals surface area contributed by atoms with Crippen molar-refractivity contribution >= 4 is 19.0 Å². The molecule has 0 aliphatic rings. The quantitative estimate of drug-likeness (QED) is 0.567. The van der Waals surface area contributed by atoms with E-state index in [1.807, 2.05) is 0 Å². The molecule has 8 heteroatoms. The Bertz CT molecular complexity index is 1080. The molecule has 0 unspecified atom stereocenters. The minimum atomic E-state index is -0.777. The first-order chi connectivity index (χ1) is 12.8. The smallest absolute Gasteiger partial charge is 0.251 e. The molecule has 2 N–H and O–H groups in total. The second-order valence-corrected chi connectivity index (χ2v) is 5.94. The molecule has 1 heterocycles. The highest BCUT2D eigenvalue weighted by Crippen LogP contribution is 2.19. The van der Waals surface area contributed by atoms with Gasteiger partial charge in [0.2, 0.25) is 0 Å². The summed E-state index contributed by atoms with van der Waals surface area (Å²) in [6.45, 7) is 1.31. The fourth-order valence-electron chi connectivity index (χ4n) is 2.63. The number of nitrogens with zero attached hydrogens (tertiary/aromatic N) is 1. The molecule has 136 valence electrons. The Morgan fingerprint density at radius 1 is 1.07 bits per heavy atom. The van der Waals surface area contributed by atoms with Gasteiger partial charge < -0.3 is 10.5 Å². The Kier molecular flexibility index (Phi) is 4.99. The van der Waals surface area contributed by atoms with Crippen molar-refractivity contribution in [3.63, 3.8) is 0 Å². The van der Waals surface area contributed by atoms with Gasteiger partial charge in [-0.2, -0.15) is 0 Å².